The second-order valence-corrected chi connectivity index (χ2v) is 7.14. The predicted molar refractivity (Wildman–Crippen MR) is 101 cm³/mol. The van der Waals surface area contributed by atoms with E-state index in [0.717, 1.165) is 27.4 Å². The van der Waals surface area contributed by atoms with Crippen molar-refractivity contribution in [1.82, 2.24) is 0 Å². The van der Waals surface area contributed by atoms with E-state index in [1.165, 1.54) is 18.7 Å². The van der Waals surface area contributed by atoms with Crippen LogP contribution in [0.3, 0.4) is 0 Å². The maximum absolute atomic E-state index is 12.5. The number of nitrogens with one attached hydrogen (secondary N) is 2. The minimum atomic E-state index is -0.253. The van der Waals surface area contributed by atoms with Gasteiger partial charge in [0.1, 0.15) is 0 Å². The first kappa shape index (κ1) is 18.1. The average Bonchev–Trinajstić information content (AvgIpc) is 2.50. The number of rotatable bonds is 5. The molecule has 0 saturated heterocycles. The Morgan fingerprint density at radius 3 is 2.25 bits per heavy atom. The number of hydrogen-bond donors (Lipinski definition) is 2. The van der Waals surface area contributed by atoms with Crippen LogP contribution in [0.5, 0.6) is 0 Å². The number of aryl methyl sites for hydroxylation is 2. The van der Waals surface area contributed by atoms with E-state index in [1.807, 2.05) is 63.2 Å². The second kappa shape index (κ2) is 8.02. The molecule has 0 heterocycles. The van der Waals surface area contributed by atoms with Crippen molar-refractivity contribution in [2.24, 2.45) is 0 Å². The van der Waals surface area contributed by atoms with E-state index in [9.17, 15) is 9.59 Å². The molecule has 2 aromatic rings. The molecule has 0 spiro atoms. The molecule has 2 aromatic carbocycles. The highest BCUT2D eigenvalue weighted by Crippen LogP contribution is 2.27. The zero-order valence-corrected chi connectivity index (χ0v) is 15.2. The minimum absolute atomic E-state index is 0.0395. The first-order valence-corrected chi connectivity index (χ1v) is 8.66. The monoisotopic (exact) mass is 342 g/mol. The van der Waals surface area contributed by atoms with Gasteiger partial charge in [0, 0.05) is 23.2 Å². The lowest BCUT2D eigenvalue weighted by Crippen LogP contribution is -2.23. The van der Waals surface area contributed by atoms with E-state index in [1.54, 1.807) is 0 Å². The van der Waals surface area contributed by atoms with E-state index in [4.69, 9.17) is 0 Å². The molecule has 24 heavy (non-hydrogen) atoms. The summed E-state index contributed by atoms with van der Waals surface area (Å²) in [5.74, 6) is -0.153. The number of anilines is 2. The van der Waals surface area contributed by atoms with Gasteiger partial charge in [0.2, 0.25) is 11.8 Å². The summed E-state index contributed by atoms with van der Waals surface area (Å²) in [6.45, 7) is 7.31. The van der Waals surface area contributed by atoms with Crippen LogP contribution in [0.2, 0.25) is 0 Å². The molecule has 1 atom stereocenters. The summed E-state index contributed by atoms with van der Waals surface area (Å²) >= 11 is 1.46. The highest BCUT2D eigenvalue weighted by atomic mass is 32.2. The van der Waals surface area contributed by atoms with Crippen LogP contribution in [-0.4, -0.2) is 17.1 Å². The SMILES string of the molecule is CC(=O)Nc1cccc(SC(C)C(=O)Nc2c(C)cccc2C)c1. The Hall–Kier alpha value is -2.27. The molecular weight excluding hydrogens is 320 g/mol. The largest absolute Gasteiger partial charge is 0.326 e. The van der Waals surface area contributed by atoms with Crippen LogP contribution < -0.4 is 10.6 Å². The molecule has 0 bridgehead atoms. The van der Waals surface area contributed by atoms with Gasteiger partial charge in [0.15, 0.2) is 0 Å². The van der Waals surface area contributed by atoms with E-state index < -0.39 is 0 Å². The lowest BCUT2D eigenvalue weighted by molar-refractivity contribution is -0.115. The molecule has 0 aliphatic carbocycles. The summed E-state index contributed by atoms with van der Waals surface area (Å²) < 4.78 is 0. The molecule has 2 amide bonds. The van der Waals surface area contributed by atoms with E-state index in [2.05, 4.69) is 10.6 Å². The van der Waals surface area contributed by atoms with Crippen molar-refractivity contribution < 1.29 is 9.59 Å². The highest BCUT2D eigenvalue weighted by Gasteiger charge is 2.16. The van der Waals surface area contributed by atoms with E-state index >= 15 is 0 Å². The molecule has 0 radical (unpaired) electrons. The van der Waals surface area contributed by atoms with E-state index in [0.29, 0.717) is 0 Å². The Morgan fingerprint density at radius 1 is 1.00 bits per heavy atom. The normalized spacial score (nSPS) is 11.7. The Morgan fingerprint density at radius 2 is 1.62 bits per heavy atom. The Labute approximate surface area is 147 Å². The smallest absolute Gasteiger partial charge is 0.237 e. The standard InChI is InChI=1S/C19H22N2O2S/c1-12-7-5-8-13(2)18(12)21-19(23)14(3)24-17-10-6-9-16(11-17)20-15(4)22/h5-11,14H,1-4H3,(H,20,22)(H,21,23). The molecule has 0 fully saturated rings. The molecule has 0 saturated carbocycles. The summed E-state index contributed by atoms with van der Waals surface area (Å²) in [5.41, 5.74) is 3.71. The third-order valence-corrected chi connectivity index (χ3v) is 4.66. The van der Waals surface area contributed by atoms with Gasteiger partial charge in [-0.25, -0.2) is 0 Å². The van der Waals surface area contributed by atoms with Gasteiger partial charge in [-0.1, -0.05) is 24.3 Å². The zero-order chi connectivity index (χ0) is 17.7. The fourth-order valence-corrected chi connectivity index (χ4v) is 3.27. The maximum atomic E-state index is 12.5. The minimum Gasteiger partial charge on any atom is -0.326 e. The average molecular weight is 342 g/mol. The van der Waals surface area contributed by atoms with Crippen molar-refractivity contribution >= 4 is 35.0 Å². The van der Waals surface area contributed by atoms with Gasteiger partial charge >= 0.3 is 0 Å². The molecule has 5 heteroatoms. The van der Waals surface area contributed by atoms with Crippen molar-refractivity contribution in [3.05, 3.63) is 53.6 Å². The summed E-state index contributed by atoms with van der Waals surface area (Å²) in [4.78, 5) is 24.6. The van der Waals surface area contributed by atoms with Gasteiger partial charge in [-0.3, -0.25) is 9.59 Å². The summed E-state index contributed by atoms with van der Waals surface area (Å²) in [7, 11) is 0. The number of thioether (sulfide) groups is 1. The van der Waals surface area contributed by atoms with Gasteiger partial charge in [-0.05, 0) is 50.1 Å². The lowest BCUT2D eigenvalue weighted by atomic mass is 10.1. The highest BCUT2D eigenvalue weighted by molar-refractivity contribution is 8.00. The molecule has 0 aromatic heterocycles. The third-order valence-electron chi connectivity index (χ3n) is 3.57. The third kappa shape index (κ3) is 4.86. The number of benzene rings is 2. The lowest BCUT2D eigenvalue weighted by Gasteiger charge is -2.15. The Bertz CT molecular complexity index is 739. The molecule has 0 aliphatic rings. The van der Waals surface area contributed by atoms with Crippen LogP contribution in [0.1, 0.15) is 25.0 Å². The van der Waals surface area contributed by atoms with Crippen LogP contribution in [0.25, 0.3) is 0 Å². The van der Waals surface area contributed by atoms with Crippen LogP contribution >= 0.6 is 11.8 Å². The first-order valence-electron chi connectivity index (χ1n) is 7.78. The van der Waals surface area contributed by atoms with Crippen LogP contribution in [0, 0.1) is 13.8 Å². The van der Waals surface area contributed by atoms with Gasteiger partial charge < -0.3 is 10.6 Å². The second-order valence-electron chi connectivity index (χ2n) is 5.73. The topological polar surface area (TPSA) is 58.2 Å². The number of carbonyl (C=O) groups excluding carboxylic acids is 2. The van der Waals surface area contributed by atoms with Crippen molar-refractivity contribution in [3.8, 4) is 0 Å². The van der Waals surface area contributed by atoms with Crippen molar-refractivity contribution in [2.75, 3.05) is 10.6 Å². The zero-order valence-electron chi connectivity index (χ0n) is 14.3. The number of hydrogen-bond acceptors (Lipinski definition) is 3. The quantitative estimate of drug-likeness (QED) is 0.793. The number of carbonyl (C=O) groups is 2. The summed E-state index contributed by atoms with van der Waals surface area (Å²) in [5, 5.41) is 5.51. The molecule has 2 rings (SSSR count). The molecule has 126 valence electrons. The van der Waals surface area contributed by atoms with Crippen molar-refractivity contribution in [3.63, 3.8) is 0 Å². The molecule has 1 unspecified atom stereocenters. The molecular formula is C19H22N2O2S. The number of para-hydroxylation sites is 1. The van der Waals surface area contributed by atoms with Gasteiger partial charge in [0.25, 0.3) is 0 Å². The van der Waals surface area contributed by atoms with Crippen LogP contribution in [0.15, 0.2) is 47.4 Å². The predicted octanol–water partition coefficient (Wildman–Crippen LogP) is 4.38. The maximum Gasteiger partial charge on any atom is 0.237 e. The molecule has 2 N–H and O–H groups in total. The molecule has 4 nitrogen and oxygen atoms in total. The first-order chi connectivity index (χ1) is 11.4. The van der Waals surface area contributed by atoms with Crippen molar-refractivity contribution in [1.29, 1.82) is 0 Å². The summed E-state index contributed by atoms with van der Waals surface area (Å²) in [6, 6.07) is 13.4. The Kier molecular flexibility index (Phi) is 6.04. The fraction of sp³-hybridized carbons (Fsp3) is 0.263. The van der Waals surface area contributed by atoms with Crippen LogP contribution in [0.4, 0.5) is 11.4 Å². The van der Waals surface area contributed by atoms with Crippen LogP contribution in [-0.2, 0) is 9.59 Å². The van der Waals surface area contributed by atoms with Gasteiger partial charge in [-0.15, -0.1) is 11.8 Å². The summed E-state index contributed by atoms with van der Waals surface area (Å²) in [6.07, 6.45) is 0. The number of amides is 2. The Balaban J connectivity index is 2.05. The van der Waals surface area contributed by atoms with Crippen molar-refractivity contribution in [2.45, 2.75) is 37.8 Å². The van der Waals surface area contributed by atoms with Gasteiger partial charge in [0.05, 0.1) is 5.25 Å². The van der Waals surface area contributed by atoms with E-state index in [-0.39, 0.29) is 17.1 Å². The molecule has 0 aliphatic heterocycles. The fourth-order valence-electron chi connectivity index (χ4n) is 2.34. The van der Waals surface area contributed by atoms with Gasteiger partial charge in [-0.2, -0.15) is 0 Å².